The monoisotopic (exact) mass is 1100 g/mol. The fourth-order valence-electron chi connectivity index (χ4n) is 9.52. The number of hydrogen-bond acceptors (Lipinski definition) is 14. The SMILES string of the molecule is CN(C)CCCOc1ccc2nc(-c3ccc(-c4nc5ccc(OCCCN(C)C)cc5[nH]4)c(OCCCOc4cc(-c5nc6ccc(OCCCN(C)C)cc6[nH]5)ccc4-c4nc5ccc(OCCCN(C)C)cc5[nH]4)c3)[nH]c2c1. The Balaban J connectivity index is 0.900. The fourth-order valence-corrected chi connectivity index (χ4v) is 9.52. The zero-order valence-electron chi connectivity index (χ0n) is 48.0. The van der Waals surface area contributed by atoms with E-state index in [9.17, 15) is 0 Å². The normalized spacial score (nSPS) is 11.9. The van der Waals surface area contributed by atoms with Gasteiger partial charge in [0.2, 0.25) is 0 Å². The summed E-state index contributed by atoms with van der Waals surface area (Å²) in [6.45, 7) is 7.01. The molecule has 0 aliphatic carbocycles. The van der Waals surface area contributed by atoms with Crippen molar-refractivity contribution < 1.29 is 28.4 Å². The number of hydrogen-bond donors (Lipinski definition) is 4. The minimum absolute atomic E-state index is 0.344. The summed E-state index contributed by atoms with van der Waals surface area (Å²) in [5.74, 6) is 7.26. The Hall–Kier alpha value is -8.16. The fraction of sp³-hybridized carbons (Fsp3) is 0.365. The zero-order valence-corrected chi connectivity index (χ0v) is 48.0. The molecule has 0 atom stereocenters. The van der Waals surface area contributed by atoms with Gasteiger partial charge in [-0.25, -0.2) is 19.9 Å². The largest absolute Gasteiger partial charge is 0.493 e. The Kier molecular flexibility index (Phi) is 18.3. The van der Waals surface area contributed by atoms with Crippen LogP contribution in [0.15, 0.2) is 109 Å². The maximum Gasteiger partial charge on any atom is 0.142 e. The van der Waals surface area contributed by atoms with E-state index < -0.39 is 0 Å². The summed E-state index contributed by atoms with van der Waals surface area (Å²) in [5.41, 5.74) is 10.2. The van der Waals surface area contributed by atoms with Crippen molar-refractivity contribution >= 4 is 44.1 Å². The molecule has 0 fully saturated rings. The third kappa shape index (κ3) is 14.8. The van der Waals surface area contributed by atoms with Crippen LogP contribution in [0.5, 0.6) is 34.5 Å². The first kappa shape index (κ1) is 56.1. The first-order chi connectivity index (χ1) is 39.4. The van der Waals surface area contributed by atoms with Crippen LogP contribution in [0.4, 0.5) is 0 Å². The molecule has 18 heteroatoms. The lowest BCUT2D eigenvalue weighted by atomic mass is 10.1. The number of benzene rings is 6. The van der Waals surface area contributed by atoms with Crippen molar-refractivity contribution in [2.24, 2.45) is 0 Å². The molecule has 4 N–H and O–H groups in total. The number of fused-ring (bicyclic) bond motifs is 4. The van der Waals surface area contributed by atoms with Gasteiger partial charge in [0.05, 0.1) is 94.9 Å². The summed E-state index contributed by atoms with van der Waals surface area (Å²) in [6.07, 6.45) is 4.28. The highest BCUT2D eigenvalue weighted by Gasteiger charge is 2.19. The summed E-state index contributed by atoms with van der Waals surface area (Å²) in [4.78, 5) is 42.8. The smallest absolute Gasteiger partial charge is 0.142 e. The van der Waals surface area contributed by atoms with Gasteiger partial charge in [0, 0.05) is 68.0 Å². The van der Waals surface area contributed by atoms with Gasteiger partial charge in [-0.15, -0.1) is 0 Å². The Morgan fingerprint density at radius 3 is 0.901 bits per heavy atom. The highest BCUT2D eigenvalue weighted by molar-refractivity contribution is 5.86. The quantitative estimate of drug-likeness (QED) is 0.0312. The van der Waals surface area contributed by atoms with Gasteiger partial charge in [-0.05, 0) is 155 Å². The van der Waals surface area contributed by atoms with E-state index in [2.05, 4.69) is 95.9 Å². The number of aromatic amines is 4. The van der Waals surface area contributed by atoms with Crippen LogP contribution in [0.3, 0.4) is 0 Å². The van der Waals surface area contributed by atoms with Crippen LogP contribution in [0.25, 0.3) is 89.7 Å². The number of imidazole rings is 4. The first-order valence-electron chi connectivity index (χ1n) is 28.0. The van der Waals surface area contributed by atoms with Gasteiger partial charge in [-0.3, -0.25) is 0 Å². The van der Waals surface area contributed by atoms with Gasteiger partial charge in [-0.2, -0.15) is 0 Å². The van der Waals surface area contributed by atoms with Crippen LogP contribution in [0, 0.1) is 0 Å². The molecule has 81 heavy (non-hydrogen) atoms. The van der Waals surface area contributed by atoms with E-state index in [1.807, 2.05) is 109 Å². The molecule has 0 unspecified atom stereocenters. The van der Waals surface area contributed by atoms with Gasteiger partial charge >= 0.3 is 0 Å². The second kappa shape index (κ2) is 26.4. The summed E-state index contributed by atoms with van der Waals surface area (Å²) >= 11 is 0. The molecule has 0 amide bonds. The maximum atomic E-state index is 6.76. The molecular weight excluding hydrogens is 1020 g/mol. The van der Waals surface area contributed by atoms with Crippen molar-refractivity contribution in [3.8, 4) is 80.0 Å². The number of rotatable bonds is 30. The molecule has 0 aliphatic rings. The average molecular weight is 1100 g/mol. The summed E-state index contributed by atoms with van der Waals surface area (Å²) < 4.78 is 38.0. The van der Waals surface area contributed by atoms with E-state index in [4.69, 9.17) is 48.4 Å². The van der Waals surface area contributed by atoms with Crippen LogP contribution in [0.1, 0.15) is 32.1 Å². The third-order valence-corrected chi connectivity index (χ3v) is 13.7. The van der Waals surface area contributed by atoms with Crippen molar-refractivity contribution in [1.29, 1.82) is 0 Å². The minimum Gasteiger partial charge on any atom is -0.493 e. The summed E-state index contributed by atoms with van der Waals surface area (Å²) in [7, 11) is 16.5. The van der Waals surface area contributed by atoms with Gasteiger partial charge in [0.25, 0.3) is 0 Å². The molecule has 0 bridgehead atoms. The molecule has 0 saturated carbocycles. The molecule has 424 valence electrons. The molecule has 0 radical (unpaired) electrons. The molecule has 4 aromatic heterocycles. The predicted octanol–water partition coefficient (Wildman–Crippen LogP) is 11.0. The summed E-state index contributed by atoms with van der Waals surface area (Å²) in [6, 6.07) is 36.1. The molecule has 10 rings (SSSR count). The third-order valence-electron chi connectivity index (χ3n) is 13.7. The predicted molar refractivity (Wildman–Crippen MR) is 324 cm³/mol. The topological polar surface area (TPSA) is 183 Å². The standard InChI is InChI=1S/C63H76N12O6/c1-72(2)26-9-30-76-44-16-22-50-54(38-44)68-60(64-50)42-14-20-48(62-66-52-24-18-46(40-56(52)70-62)78-32-11-28-74(5)6)58(36-42)80-34-13-35-81-59-37-43(61-65-51-23-17-45(39-55(51)69-61)77-31-10-27-73(3)4)15-21-49(59)63-67-53-25-19-47(41-57(53)71-63)79-33-12-29-75(7)8/h14-25,36-41H,9-13,26-35H2,1-8H3,(H,64,68)(H,65,69)(H,66,70)(H,67,71). The van der Waals surface area contributed by atoms with Gasteiger partial charge < -0.3 is 68.0 Å². The van der Waals surface area contributed by atoms with Gasteiger partial charge in [0.1, 0.15) is 57.8 Å². The zero-order chi connectivity index (χ0) is 56.2. The maximum absolute atomic E-state index is 6.76. The Morgan fingerprint density at radius 1 is 0.309 bits per heavy atom. The average Bonchev–Trinajstić information content (AvgIpc) is 4.47. The van der Waals surface area contributed by atoms with Crippen molar-refractivity contribution in [2.45, 2.75) is 32.1 Å². The van der Waals surface area contributed by atoms with Crippen LogP contribution >= 0.6 is 0 Å². The minimum atomic E-state index is 0.344. The number of nitrogens with zero attached hydrogens (tertiary/aromatic N) is 8. The molecule has 0 aliphatic heterocycles. The lowest BCUT2D eigenvalue weighted by Crippen LogP contribution is -2.15. The number of nitrogens with one attached hydrogen (secondary N) is 4. The Labute approximate surface area is 473 Å². The Bertz CT molecular complexity index is 3430. The van der Waals surface area contributed by atoms with E-state index in [0.29, 0.717) is 80.9 Å². The highest BCUT2D eigenvalue weighted by atomic mass is 16.5. The second-order valence-corrected chi connectivity index (χ2v) is 21.6. The molecule has 4 heterocycles. The van der Waals surface area contributed by atoms with Crippen LogP contribution in [-0.4, -0.2) is 182 Å². The van der Waals surface area contributed by atoms with Crippen molar-refractivity contribution in [2.75, 3.05) is 122 Å². The molecule has 10 aromatic rings. The van der Waals surface area contributed by atoms with Crippen molar-refractivity contribution in [3.63, 3.8) is 0 Å². The summed E-state index contributed by atoms with van der Waals surface area (Å²) in [5, 5.41) is 0. The van der Waals surface area contributed by atoms with Crippen molar-refractivity contribution in [3.05, 3.63) is 109 Å². The van der Waals surface area contributed by atoms with Crippen LogP contribution in [-0.2, 0) is 0 Å². The van der Waals surface area contributed by atoms with Gasteiger partial charge in [0.15, 0.2) is 0 Å². The Morgan fingerprint density at radius 2 is 0.593 bits per heavy atom. The molecule has 18 nitrogen and oxygen atoms in total. The number of H-pyrrole nitrogens is 4. The van der Waals surface area contributed by atoms with Crippen LogP contribution < -0.4 is 28.4 Å². The molecule has 0 spiro atoms. The number of aromatic nitrogens is 8. The second-order valence-electron chi connectivity index (χ2n) is 21.6. The van der Waals surface area contributed by atoms with Crippen LogP contribution in [0.2, 0.25) is 0 Å². The first-order valence-corrected chi connectivity index (χ1v) is 28.0. The molecular formula is C63H76N12O6. The highest BCUT2D eigenvalue weighted by Crippen LogP contribution is 2.37. The number of ether oxygens (including phenoxy) is 6. The molecule has 0 saturated heterocycles. The van der Waals surface area contributed by atoms with E-state index in [-0.39, 0.29) is 0 Å². The van der Waals surface area contributed by atoms with E-state index in [0.717, 1.165) is 141 Å². The lowest BCUT2D eigenvalue weighted by molar-refractivity contribution is 0.248. The van der Waals surface area contributed by atoms with Crippen molar-refractivity contribution in [1.82, 2.24) is 59.5 Å². The van der Waals surface area contributed by atoms with Gasteiger partial charge in [-0.1, -0.05) is 12.1 Å². The van der Waals surface area contributed by atoms with E-state index in [1.54, 1.807) is 0 Å². The van der Waals surface area contributed by atoms with E-state index in [1.165, 1.54) is 0 Å². The lowest BCUT2D eigenvalue weighted by Gasteiger charge is -2.14. The van der Waals surface area contributed by atoms with E-state index >= 15 is 0 Å². The molecule has 6 aromatic carbocycles.